The van der Waals surface area contributed by atoms with Crippen LogP contribution < -0.4 is 0 Å². The van der Waals surface area contributed by atoms with E-state index in [-0.39, 0.29) is 17.7 Å². The standard InChI is InChI=1S/C13H12ClN3O2S2/c1-6-7(2)21-12-10(6)11(14)15-8(16-12)5-17-9(18)3-4-20-13(17)19/h3-5H2,1-2H3. The SMILES string of the molecule is Cc1sc2nc(CN3C(=O)CCSC3=O)nc(Cl)c2c1C. The van der Waals surface area contributed by atoms with E-state index in [1.807, 2.05) is 13.8 Å². The second kappa shape index (κ2) is 5.55. The molecular weight excluding hydrogens is 330 g/mol. The summed E-state index contributed by atoms with van der Waals surface area (Å²) in [7, 11) is 0. The smallest absolute Gasteiger partial charge is 0.274 e. The van der Waals surface area contributed by atoms with Gasteiger partial charge >= 0.3 is 0 Å². The Labute approximate surface area is 134 Å². The lowest BCUT2D eigenvalue weighted by molar-refractivity contribution is -0.128. The molecule has 0 radical (unpaired) electrons. The number of amides is 2. The zero-order valence-electron chi connectivity index (χ0n) is 11.5. The van der Waals surface area contributed by atoms with Crippen LogP contribution in [0.2, 0.25) is 5.15 Å². The molecule has 1 saturated heterocycles. The summed E-state index contributed by atoms with van der Waals surface area (Å²) in [4.78, 5) is 35.4. The van der Waals surface area contributed by atoms with Gasteiger partial charge in [0, 0.05) is 17.1 Å². The van der Waals surface area contributed by atoms with Crippen molar-refractivity contribution >= 4 is 56.1 Å². The molecule has 0 saturated carbocycles. The van der Waals surface area contributed by atoms with Crippen LogP contribution in [-0.2, 0) is 11.3 Å². The minimum atomic E-state index is -0.246. The molecule has 3 rings (SSSR count). The maximum absolute atomic E-state index is 11.8. The van der Waals surface area contributed by atoms with Crippen LogP contribution in [0.15, 0.2) is 0 Å². The summed E-state index contributed by atoms with van der Waals surface area (Å²) in [6.07, 6.45) is 0.365. The van der Waals surface area contributed by atoms with Gasteiger partial charge in [0.2, 0.25) is 5.91 Å². The lowest BCUT2D eigenvalue weighted by atomic mass is 10.2. The van der Waals surface area contributed by atoms with Crippen molar-refractivity contribution in [1.82, 2.24) is 14.9 Å². The minimum Gasteiger partial charge on any atom is -0.274 e. The largest absolute Gasteiger partial charge is 0.288 e. The predicted molar refractivity (Wildman–Crippen MR) is 84.9 cm³/mol. The van der Waals surface area contributed by atoms with Crippen molar-refractivity contribution in [2.24, 2.45) is 0 Å². The van der Waals surface area contributed by atoms with Crippen LogP contribution in [0.1, 0.15) is 22.7 Å². The van der Waals surface area contributed by atoms with Gasteiger partial charge in [-0.15, -0.1) is 11.3 Å². The van der Waals surface area contributed by atoms with Gasteiger partial charge in [-0.25, -0.2) is 9.97 Å². The number of thioether (sulfide) groups is 1. The van der Waals surface area contributed by atoms with E-state index in [0.29, 0.717) is 23.2 Å². The van der Waals surface area contributed by atoms with Crippen molar-refractivity contribution in [3.05, 3.63) is 21.4 Å². The third kappa shape index (κ3) is 2.65. The normalized spacial score (nSPS) is 16.0. The van der Waals surface area contributed by atoms with Gasteiger partial charge in [-0.2, -0.15) is 0 Å². The topological polar surface area (TPSA) is 63.2 Å². The predicted octanol–water partition coefficient (Wildman–Crippen LogP) is 3.55. The second-order valence-corrected chi connectivity index (χ2v) is 7.35. The molecule has 3 heterocycles. The van der Waals surface area contributed by atoms with Gasteiger partial charge in [0.05, 0.1) is 11.9 Å². The highest BCUT2D eigenvalue weighted by molar-refractivity contribution is 8.13. The van der Waals surface area contributed by atoms with Crippen LogP contribution in [0.5, 0.6) is 0 Å². The van der Waals surface area contributed by atoms with E-state index in [1.165, 1.54) is 4.90 Å². The first kappa shape index (κ1) is 14.7. The molecule has 0 spiro atoms. The number of rotatable bonds is 2. The Balaban J connectivity index is 1.98. The summed E-state index contributed by atoms with van der Waals surface area (Å²) in [5, 5.41) is 0.986. The third-order valence-corrected chi connectivity index (χ3v) is 5.64. The maximum Gasteiger partial charge on any atom is 0.288 e. The Morgan fingerprint density at radius 2 is 2.05 bits per heavy atom. The van der Waals surface area contributed by atoms with Crippen molar-refractivity contribution < 1.29 is 9.59 Å². The number of hydrogen-bond donors (Lipinski definition) is 0. The average Bonchev–Trinajstić information content (AvgIpc) is 2.70. The number of fused-ring (bicyclic) bond motifs is 1. The summed E-state index contributed by atoms with van der Waals surface area (Å²) >= 11 is 8.92. The van der Waals surface area contributed by atoms with E-state index in [0.717, 1.165) is 32.4 Å². The van der Waals surface area contributed by atoms with E-state index in [2.05, 4.69) is 9.97 Å². The van der Waals surface area contributed by atoms with Crippen molar-refractivity contribution in [1.29, 1.82) is 0 Å². The van der Waals surface area contributed by atoms with Gasteiger partial charge in [-0.3, -0.25) is 14.5 Å². The molecular formula is C13H12ClN3O2S2. The first-order chi connectivity index (χ1) is 9.97. The molecule has 8 heteroatoms. The molecule has 110 valence electrons. The fraction of sp³-hybridized carbons (Fsp3) is 0.385. The van der Waals surface area contributed by atoms with Crippen molar-refractivity contribution in [2.45, 2.75) is 26.8 Å². The highest BCUT2D eigenvalue weighted by atomic mass is 35.5. The van der Waals surface area contributed by atoms with Crippen LogP contribution in [0.3, 0.4) is 0 Å². The fourth-order valence-corrected chi connectivity index (χ4v) is 4.35. The number of halogens is 1. The van der Waals surface area contributed by atoms with Crippen molar-refractivity contribution in [3.63, 3.8) is 0 Å². The molecule has 0 atom stereocenters. The molecule has 0 unspecified atom stereocenters. The molecule has 21 heavy (non-hydrogen) atoms. The van der Waals surface area contributed by atoms with E-state index >= 15 is 0 Å². The highest BCUT2D eigenvalue weighted by Gasteiger charge is 2.28. The average molecular weight is 342 g/mol. The number of hydrogen-bond acceptors (Lipinski definition) is 6. The van der Waals surface area contributed by atoms with E-state index < -0.39 is 0 Å². The molecule has 0 bridgehead atoms. The number of aryl methyl sites for hydroxylation is 2. The van der Waals surface area contributed by atoms with Crippen LogP contribution >= 0.6 is 34.7 Å². The lowest BCUT2D eigenvalue weighted by Gasteiger charge is -2.23. The first-order valence-corrected chi connectivity index (χ1v) is 8.54. The Hall–Kier alpha value is -1.18. The van der Waals surface area contributed by atoms with Crippen LogP contribution in [0.4, 0.5) is 4.79 Å². The van der Waals surface area contributed by atoms with Gasteiger partial charge in [0.25, 0.3) is 5.24 Å². The first-order valence-electron chi connectivity index (χ1n) is 6.36. The monoisotopic (exact) mass is 341 g/mol. The second-order valence-electron chi connectivity index (χ2n) is 4.74. The number of aromatic nitrogens is 2. The van der Waals surface area contributed by atoms with Crippen LogP contribution in [0, 0.1) is 13.8 Å². The molecule has 0 aliphatic carbocycles. The summed E-state index contributed by atoms with van der Waals surface area (Å²) < 4.78 is 0. The van der Waals surface area contributed by atoms with Gasteiger partial charge < -0.3 is 0 Å². The molecule has 2 aromatic heterocycles. The molecule has 2 aromatic rings. The Bertz CT molecular complexity index is 743. The van der Waals surface area contributed by atoms with Crippen molar-refractivity contribution in [3.8, 4) is 0 Å². The zero-order chi connectivity index (χ0) is 15.1. The van der Waals surface area contributed by atoms with Gasteiger partial charge in [-0.1, -0.05) is 23.4 Å². The quantitative estimate of drug-likeness (QED) is 0.782. The summed E-state index contributed by atoms with van der Waals surface area (Å²) in [5.74, 6) is 0.757. The molecule has 5 nitrogen and oxygen atoms in total. The minimum absolute atomic E-state index is 0.0797. The number of carbonyl (C=O) groups is 2. The molecule has 0 N–H and O–H groups in total. The Kier molecular flexibility index (Phi) is 3.90. The Morgan fingerprint density at radius 3 is 2.76 bits per heavy atom. The highest BCUT2D eigenvalue weighted by Crippen LogP contribution is 2.33. The van der Waals surface area contributed by atoms with Gasteiger partial charge in [0.1, 0.15) is 9.98 Å². The molecule has 1 fully saturated rings. The molecule has 1 aliphatic heterocycles. The van der Waals surface area contributed by atoms with Gasteiger partial charge in [0.15, 0.2) is 5.82 Å². The number of nitrogens with zero attached hydrogens (tertiary/aromatic N) is 3. The van der Waals surface area contributed by atoms with Crippen molar-refractivity contribution in [2.75, 3.05) is 5.75 Å². The van der Waals surface area contributed by atoms with E-state index in [9.17, 15) is 9.59 Å². The summed E-state index contributed by atoms with van der Waals surface area (Å²) in [6, 6.07) is 0. The number of imide groups is 1. The van der Waals surface area contributed by atoms with Crippen LogP contribution in [0.25, 0.3) is 10.2 Å². The maximum atomic E-state index is 11.8. The van der Waals surface area contributed by atoms with E-state index in [1.54, 1.807) is 11.3 Å². The Morgan fingerprint density at radius 1 is 1.29 bits per heavy atom. The zero-order valence-corrected chi connectivity index (χ0v) is 13.9. The van der Waals surface area contributed by atoms with Gasteiger partial charge in [-0.05, 0) is 19.4 Å². The summed E-state index contributed by atoms with van der Waals surface area (Å²) in [5.41, 5.74) is 1.08. The third-order valence-electron chi connectivity index (χ3n) is 3.39. The van der Waals surface area contributed by atoms with Crippen LogP contribution in [-0.4, -0.2) is 31.8 Å². The molecule has 1 aliphatic rings. The van der Waals surface area contributed by atoms with E-state index in [4.69, 9.17) is 11.6 Å². The number of thiophene rings is 1. The summed E-state index contributed by atoms with van der Waals surface area (Å²) in [6.45, 7) is 4.07. The fourth-order valence-electron chi connectivity index (χ4n) is 2.15. The molecule has 2 amide bonds. The molecule has 0 aromatic carbocycles. The lowest BCUT2D eigenvalue weighted by Crippen LogP contribution is -2.38. The number of carbonyl (C=O) groups excluding carboxylic acids is 2.